The van der Waals surface area contributed by atoms with Gasteiger partial charge in [-0.3, -0.25) is 5.48 Å². The molecule has 3 rings (SSSR count). The highest BCUT2D eigenvalue weighted by Crippen LogP contribution is 2.38. The van der Waals surface area contributed by atoms with Crippen molar-refractivity contribution in [2.75, 3.05) is 44.2 Å². The summed E-state index contributed by atoms with van der Waals surface area (Å²) >= 11 is 1.77. The second kappa shape index (κ2) is 17.2. The molecule has 1 N–H and O–H groups in total. The van der Waals surface area contributed by atoms with Crippen LogP contribution in [0.5, 0.6) is 0 Å². The van der Waals surface area contributed by atoms with Gasteiger partial charge in [0.15, 0.2) is 6.29 Å². The summed E-state index contributed by atoms with van der Waals surface area (Å²) in [5.74, 6) is 0.746. The fourth-order valence-electron chi connectivity index (χ4n) is 3.62. The van der Waals surface area contributed by atoms with Crippen LogP contribution in [0.25, 0.3) is 0 Å². The molecule has 190 valence electrons. The molecule has 7 nitrogen and oxygen atoms in total. The fraction of sp³-hybridized carbons (Fsp3) is 0.500. The number of nitrogens with one attached hydrogen (secondary N) is 1. The lowest BCUT2D eigenvalue weighted by atomic mass is 10.1. The molecule has 0 aliphatic carbocycles. The van der Waals surface area contributed by atoms with Crippen molar-refractivity contribution in [3.63, 3.8) is 0 Å². The first kappa shape index (κ1) is 29.8. The number of rotatable bonds is 9. The smallest absolute Gasteiger partial charge is 0.183 e. The molecule has 2 heterocycles. The van der Waals surface area contributed by atoms with Gasteiger partial charge in [-0.05, 0) is 62.8 Å². The molecule has 0 radical (unpaired) electrons. The van der Waals surface area contributed by atoms with Crippen LogP contribution in [0.15, 0.2) is 60.7 Å². The van der Waals surface area contributed by atoms with Crippen molar-refractivity contribution in [2.45, 2.75) is 56.3 Å². The van der Waals surface area contributed by atoms with E-state index in [0.717, 1.165) is 73.8 Å². The Morgan fingerprint density at radius 1 is 1.21 bits per heavy atom. The van der Waals surface area contributed by atoms with E-state index in [9.17, 15) is 0 Å². The Kier molecular flexibility index (Phi) is 15.1. The van der Waals surface area contributed by atoms with Crippen molar-refractivity contribution in [3.05, 3.63) is 55.8 Å². The predicted octanol–water partition coefficient (Wildman–Crippen LogP) is 5.82. The monoisotopic (exact) mass is 491 g/mol. The number of piperidine rings is 1. The lowest BCUT2D eigenvalue weighted by Gasteiger charge is -2.32. The molecule has 0 spiro atoms. The number of carbonyl (C=O) groups excluding carboxylic acids is 1. The zero-order valence-corrected chi connectivity index (χ0v) is 21.8. The minimum absolute atomic E-state index is 0.190. The molecule has 0 bridgehead atoms. The summed E-state index contributed by atoms with van der Waals surface area (Å²) < 4.78 is 14.0. The molecule has 2 saturated heterocycles. The average molecular weight is 492 g/mol. The van der Waals surface area contributed by atoms with Crippen molar-refractivity contribution in [3.8, 4) is 0 Å². The van der Waals surface area contributed by atoms with Crippen LogP contribution < -0.4 is 10.4 Å². The zero-order chi connectivity index (χ0) is 25.3. The van der Waals surface area contributed by atoms with Gasteiger partial charge >= 0.3 is 0 Å². The predicted molar refractivity (Wildman–Crippen MR) is 143 cm³/mol. The number of hydrogen-bond acceptors (Lipinski definition) is 8. The molecular formula is C26H41N3O4S. The van der Waals surface area contributed by atoms with Gasteiger partial charge in [-0.1, -0.05) is 18.7 Å². The van der Waals surface area contributed by atoms with Crippen molar-refractivity contribution in [2.24, 2.45) is 0 Å². The zero-order valence-electron chi connectivity index (χ0n) is 21.0. The maximum Gasteiger partial charge on any atom is 0.183 e. The molecule has 0 saturated carbocycles. The van der Waals surface area contributed by atoms with Crippen LogP contribution in [-0.4, -0.2) is 57.3 Å². The molecule has 8 heteroatoms. The van der Waals surface area contributed by atoms with Crippen molar-refractivity contribution >= 4 is 30.1 Å². The first-order chi connectivity index (χ1) is 16.6. The van der Waals surface area contributed by atoms with Gasteiger partial charge in [-0.15, -0.1) is 13.2 Å². The largest absolute Gasteiger partial charge is 0.491 e. The number of nitrogens with zero attached hydrogens (tertiary/aromatic N) is 2. The van der Waals surface area contributed by atoms with Gasteiger partial charge in [-0.2, -0.15) is 0 Å². The molecule has 0 amide bonds. The maximum atomic E-state index is 8.00. The third kappa shape index (κ3) is 9.93. The number of para-hydroxylation sites is 1. The van der Waals surface area contributed by atoms with Crippen LogP contribution in [0.3, 0.4) is 0 Å². The van der Waals surface area contributed by atoms with Crippen LogP contribution in [-0.2, 0) is 19.1 Å². The minimum atomic E-state index is -0.190. The molecule has 0 aromatic heterocycles. The van der Waals surface area contributed by atoms with Crippen LogP contribution in [0.1, 0.15) is 39.0 Å². The molecule has 2 aliphatic rings. The van der Waals surface area contributed by atoms with E-state index >= 15 is 0 Å². The summed E-state index contributed by atoms with van der Waals surface area (Å²) in [5.41, 5.74) is 5.30. The van der Waals surface area contributed by atoms with Crippen LogP contribution in [0.4, 0.5) is 11.4 Å². The quantitative estimate of drug-likeness (QED) is 0.152. The molecule has 1 aromatic rings. The Bertz CT molecular complexity index is 744. The van der Waals surface area contributed by atoms with Gasteiger partial charge < -0.3 is 19.2 Å². The molecule has 1 atom stereocenters. The molecular weight excluding hydrogens is 450 g/mol. The van der Waals surface area contributed by atoms with E-state index in [1.807, 2.05) is 40.0 Å². The second-order valence-corrected chi connectivity index (χ2v) is 9.00. The Balaban J connectivity index is 0.00000137. The lowest BCUT2D eigenvalue weighted by Crippen LogP contribution is -2.32. The van der Waals surface area contributed by atoms with Crippen molar-refractivity contribution in [1.82, 2.24) is 4.31 Å². The summed E-state index contributed by atoms with van der Waals surface area (Å²) in [7, 11) is 4.10. The van der Waals surface area contributed by atoms with Crippen LogP contribution >= 0.6 is 11.9 Å². The summed E-state index contributed by atoms with van der Waals surface area (Å²) in [6.07, 6.45) is 9.08. The lowest BCUT2D eigenvalue weighted by molar-refractivity contribution is -0.145. The number of ether oxygens (including phenoxy) is 2. The number of hydrogen-bond donors (Lipinski definition) is 1. The van der Waals surface area contributed by atoms with E-state index in [1.54, 1.807) is 11.9 Å². The van der Waals surface area contributed by atoms with E-state index in [4.69, 9.17) is 19.1 Å². The van der Waals surface area contributed by atoms with Gasteiger partial charge in [0, 0.05) is 40.2 Å². The third-order valence-electron chi connectivity index (χ3n) is 5.22. The normalized spacial score (nSPS) is 18.7. The van der Waals surface area contributed by atoms with Crippen LogP contribution in [0.2, 0.25) is 0 Å². The summed E-state index contributed by atoms with van der Waals surface area (Å²) in [5, 5.41) is 0. The van der Waals surface area contributed by atoms with E-state index in [1.165, 1.54) is 0 Å². The summed E-state index contributed by atoms with van der Waals surface area (Å²) in [6.45, 7) is 16.6. The van der Waals surface area contributed by atoms with E-state index in [0.29, 0.717) is 0 Å². The van der Waals surface area contributed by atoms with E-state index in [2.05, 4.69) is 52.6 Å². The van der Waals surface area contributed by atoms with E-state index in [-0.39, 0.29) is 12.4 Å². The first-order valence-corrected chi connectivity index (χ1v) is 12.4. The molecule has 34 heavy (non-hydrogen) atoms. The highest BCUT2D eigenvalue weighted by molar-refractivity contribution is 7.97. The minimum Gasteiger partial charge on any atom is -0.491 e. The number of allylic oxidation sites excluding steroid dienone is 2. The molecule has 2 fully saturated rings. The molecule has 1 unspecified atom stereocenters. The number of carbonyl (C=O) groups is 1. The molecule has 1 aromatic carbocycles. The average Bonchev–Trinajstić information content (AvgIpc) is 2.87. The highest BCUT2D eigenvalue weighted by Gasteiger charge is 2.23. The van der Waals surface area contributed by atoms with Crippen molar-refractivity contribution in [1.29, 1.82) is 0 Å². The Labute approximate surface area is 209 Å². The first-order valence-electron chi connectivity index (χ1n) is 11.6. The number of benzene rings is 1. The van der Waals surface area contributed by atoms with Crippen molar-refractivity contribution < 1.29 is 19.1 Å². The highest BCUT2D eigenvalue weighted by atomic mass is 32.2. The molecule has 2 aliphatic heterocycles. The summed E-state index contributed by atoms with van der Waals surface area (Å²) in [4.78, 5) is 17.2. The van der Waals surface area contributed by atoms with Gasteiger partial charge in [0.1, 0.15) is 18.7 Å². The SMILES string of the molecule is C=C.C=C(/C=C\C)OC1CCN(Sc2cccc(N(C)C)c2NOC2CCCCO2)CC1.C=O. The Morgan fingerprint density at radius 3 is 2.50 bits per heavy atom. The Morgan fingerprint density at radius 2 is 1.91 bits per heavy atom. The van der Waals surface area contributed by atoms with Gasteiger partial charge in [0.25, 0.3) is 0 Å². The summed E-state index contributed by atoms with van der Waals surface area (Å²) in [6, 6.07) is 6.34. The van der Waals surface area contributed by atoms with Gasteiger partial charge in [0.2, 0.25) is 0 Å². The third-order valence-corrected chi connectivity index (χ3v) is 6.38. The number of anilines is 2. The van der Waals surface area contributed by atoms with Gasteiger partial charge in [0.05, 0.1) is 16.3 Å². The maximum absolute atomic E-state index is 8.00. The standard InChI is InChI=1S/C23H35N3O3S.C2H4.CH2O/c1-5-9-18(2)28-19-13-15-26(16-14-19)30-21-11-8-10-20(25(3)4)23(21)24-29-22-12-6-7-17-27-22;2*1-2/h5,8-11,19,22,24H,2,6-7,12-17H2,1,3-4H3;1-2H2;1H2/b9-5-;;. The van der Waals surface area contributed by atoms with Gasteiger partial charge in [-0.25, -0.2) is 9.14 Å². The van der Waals surface area contributed by atoms with E-state index < -0.39 is 0 Å². The second-order valence-electron chi connectivity index (χ2n) is 7.86. The fourth-order valence-corrected chi connectivity index (χ4v) is 4.67. The topological polar surface area (TPSA) is 63.3 Å². The van der Waals surface area contributed by atoms with Crippen LogP contribution in [0, 0.1) is 0 Å². The Hall–Kier alpha value is -2.26.